The number of aliphatic hydroxyl groups is 1. The molecule has 1 atom stereocenters. The molecule has 1 amide bonds. The molecule has 1 N–H and O–H groups in total. The van der Waals surface area contributed by atoms with Crippen LogP contribution in [0.1, 0.15) is 30.5 Å². The molecular weight excluding hydrogens is 437 g/mol. The smallest absolute Gasteiger partial charge is 0.295 e. The van der Waals surface area contributed by atoms with Crippen LogP contribution in [-0.2, 0) is 9.59 Å². The van der Waals surface area contributed by atoms with Gasteiger partial charge in [0.1, 0.15) is 11.5 Å². The second-order valence-corrected chi connectivity index (χ2v) is 7.74. The predicted molar refractivity (Wildman–Crippen MR) is 114 cm³/mol. The molecule has 0 aromatic heterocycles. The van der Waals surface area contributed by atoms with Crippen LogP contribution in [0.3, 0.4) is 0 Å². The van der Waals surface area contributed by atoms with E-state index in [1.165, 1.54) is 18.1 Å². The summed E-state index contributed by atoms with van der Waals surface area (Å²) in [5.74, 6) is -1.41. The van der Waals surface area contributed by atoms with Gasteiger partial charge in [0.25, 0.3) is 11.7 Å². The summed E-state index contributed by atoms with van der Waals surface area (Å²) in [5, 5.41) is 12.0. The monoisotopic (exact) mass is 453 g/mol. The maximum Gasteiger partial charge on any atom is 0.295 e. The number of rotatable bonds is 5. The van der Waals surface area contributed by atoms with E-state index in [1.807, 2.05) is 6.92 Å². The summed E-state index contributed by atoms with van der Waals surface area (Å²) in [7, 11) is 1.45. The molecule has 1 aliphatic heterocycles. The average Bonchev–Trinajstić information content (AvgIpc) is 2.95. The highest BCUT2D eigenvalue weighted by Crippen LogP contribution is 2.41. The summed E-state index contributed by atoms with van der Waals surface area (Å²) in [6.45, 7) is 2.24. The van der Waals surface area contributed by atoms with Crippen LogP contribution in [-0.4, -0.2) is 35.4 Å². The van der Waals surface area contributed by atoms with Crippen molar-refractivity contribution < 1.29 is 19.4 Å². The second-order valence-electron chi connectivity index (χ2n) is 6.52. The van der Waals surface area contributed by atoms with E-state index in [4.69, 9.17) is 39.5 Å². The van der Waals surface area contributed by atoms with Gasteiger partial charge in [-0.2, -0.15) is 0 Å². The van der Waals surface area contributed by atoms with Gasteiger partial charge in [-0.15, -0.1) is 0 Å². The van der Waals surface area contributed by atoms with Gasteiger partial charge in [0, 0.05) is 12.1 Å². The average molecular weight is 455 g/mol. The number of hydrogen-bond donors (Lipinski definition) is 1. The molecule has 152 valence electrons. The van der Waals surface area contributed by atoms with Gasteiger partial charge in [0.2, 0.25) is 0 Å². The number of ketones is 1. The minimum Gasteiger partial charge on any atom is -0.507 e. The lowest BCUT2D eigenvalue weighted by Gasteiger charge is -2.25. The largest absolute Gasteiger partial charge is 0.507 e. The number of benzene rings is 2. The van der Waals surface area contributed by atoms with Crippen molar-refractivity contribution in [1.29, 1.82) is 0 Å². The molecule has 1 heterocycles. The van der Waals surface area contributed by atoms with Crippen molar-refractivity contribution in [3.8, 4) is 5.75 Å². The van der Waals surface area contributed by atoms with Crippen molar-refractivity contribution in [2.75, 3.05) is 13.7 Å². The number of Topliss-reactive ketones (excluding diaryl/α,β-unsaturated/α-hetero) is 1. The first-order valence-corrected chi connectivity index (χ1v) is 10.0. The topological polar surface area (TPSA) is 66.8 Å². The standard InChI is InChI=1S/C21H18Cl3NO4/c1-3-8-25-18(11-4-6-13(22)15(24)9-11)17(20(27)21(25)28)19(26)12-5-7-14(23)16(10-12)29-2/h4-7,9-10,18,26H,3,8H2,1-2H3/b19-17-. The zero-order valence-electron chi connectivity index (χ0n) is 15.7. The molecule has 2 aromatic carbocycles. The number of methoxy groups -OCH3 is 1. The van der Waals surface area contributed by atoms with E-state index in [-0.39, 0.29) is 11.3 Å². The third-order valence-corrected chi connectivity index (χ3v) is 5.74. The first-order chi connectivity index (χ1) is 13.8. The van der Waals surface area contributed by atoms with Gasteiger partial charge in [0.05, 0.1) is 33.8 Å². The maximum absolute atomic E-state index is 12.8. The van der Waals surface area contributed by atoms with Crippen molar-refractivity contribution in [3.63, 3.8) is 0 Å². The molecule has 8 heteroatoms. The summed E-state index contributed by atoms with van der Waals surface area (Å²) in [4.78, 5) is 26.9. The van der Waals surface area contributed by atoms with Crippen molar-refractivity contribution in [2.45, 2.75) is 19.4 Å². The van der Waals surface area contributed by atoms with Gasteiger partial charge < -0.3 is 14.7 Å². The Labute approximate surface area is 183 Å². The van der Waals surface area contributed by atoms with Crippen molar-refractivity contribution in [3.05, 3.63) is 68.2 Å². The number of carbonyl (C=O) groups is 2. The Morgan fingerprint density at radius 2 is 1.76 bits per heavy atom. The first kappa shape index (κ1) is 21.5. The molecule has 0 radical (unpaired) electrons. The molecule has 1 aliphatic rings. The number of halogens is 3. The number of amides is 1. The van der Waals surface area contributed by atoms with Gasteiger partial charge in [-0.05, 0) is 42.3 Å². The highest BCUT2D eigenvalue weighted by molar-refractivity contribution is 6.47. The van der Waals surface area contributed by atoms with E-state index in [9.17, 15) is 14.7 Å². The molecule has 1 unspecified atom stereocenters. The number of nitrogens with zero attached hydrogens (tertiary/aromatic N) is 1. The molecule has 0 spiro atoms. The van der Waals surface area contributed by atoms with Gasteiger partial charge in [-0.3, -0.25) is 9.59 Å². The SMILES string of the molecule is CCCN1C(=O)C(=O)/C(=C(\O)c2ccc(Cl)c(OC)c2)C1c1ccc(Cl)c(Cl)c1. The zero-order chi connectivity index (χ0) is 21.3. The maximum atomic E-state index is 12.8. The van der Waals surface area contributed by atoms with Crippen molar-refractivity contribution in [2.24, 2.45) is 0 Å². The van der Waals surface area contributed by atoms with Gasteiger partial charge >= 0.3 is 0 Å². The lowest BCUT2D eigenvalue weighted by atomic mass is 9.95. The zero-order valence-corrected chi connectivity index (χ0v) is 18.0. The van der Waals surface area contributed by atoms with E-state index in [1.54, 1.807) is 30.3 Å². The van der Waals surface area contributed by atoms with Crippen LogP contribution in [0, 0.1) is 0 Å². The quantitative estimate of drug-likeness (QED) is 0.369. The van der Waals surface area contributed by atoms with Crippen LogP contribution < -0.4 is 4.74 Å². The molecular formula is C21H18Cl3NO4. The van der Waals surface area contributed by atoms with E-state index < -0.39 is 17.7 Å². The highest BCUT2D eigenvalue weighted by atomic mass is 35.5. The van der Waals surface area contributed by atoms with Crippen molar-refractivity contribution >= 4 is 52.3 Å². The van der Waals surface area contributed by atoms with Crippen LogP contribution in [0.2, 0.25) is 15.1 Å². The number of carbonyl (C=O) groups excluding carboxylic acids is 2. The van der Waals surface area contributed by atoms with Crippen LogP contribution in [0.5, 0.6) is 5.75 Å². The molecule has 0 saturated carbocycles. The van der Waals surface area contributed by atoms with Gasteiger partial charge in [-0.1, -0.05) is 47.8 Å². The normalized spacial score (nSPS) is 18.4. The van der Waals surface area contributed by atoms with E-state index in [0.29, 0.717) is 44.9 Å². The van der Waals surface area contributed by atoms with Crippen LogP contribution in [0.15, 0.2) is 42.0 Å². The summed E-state index contributed by atoms with van der Waals surface area (Å²) < 4.78 is 5.19. The lowest BCUT2D eigenvalue weighted by molar-refractivity contribution is -0.139. The number of likely N-dealkylation sites (tertiary alicyclic amines) is 1. The molecule has 1 saturated heterocycles. The van der Waals surface area contributed by atoms with Crippen LogP contribution in [0.4, 0.5) is 0 Å². The Morgan fingerprint density at radius 3 is 2.38 bits per heavy atom. The minimum atomic E-state index is -0.786. The fourth-order valence-corrected chi connectivity index (χ4v) is 3.84. The Balaban J connectivity index is 2.22. The molecule has 29 heavy (non-hydrogen) atoms. The van der Waals surface area contributed by atoms with Crippen molar-refractivity contribution in [1.82, 2.24) is 4.90 Å². The number of hydrogen-bond acceptors (Lipinski definition) is 4. The summed E-state index contributed by atoms with van der Waals surface area (Å²) >= 11 is 18.2. The summed E-state index contributed by atoms with van der Waals surface area (Å²) in [6, 6.07) is 8.70. The predicted octanol–water partition coefficient (Wildman–Crippen LogP) is 5.49. The summed E-state index contributed by atoms with van der Waals surface area (Å²) in [6.07, 6.45) is 0.639. The minimum absolute atomic E-state index is 0.0220. The van der Waals surface area contributed by atoms with E-state index >= 15 is 0 Å². The Hall–Kier alpha value is -2.21. The summed E-state index contributed by atoms with van der Waals surface area (Å²) in [5.41, 5.74) is 0.867. The van der Waals surface area contributed by atoms with Gasteiger partial charge in [-0.25, -0.2) is 0 Å². The molecule has 3 rings (SSSR count). The lowest BCUT2D eigenvalue weighted by Crippen LogP contribution is -2.30. The van der Waals surface area contributed by atoms with Gasteiger partial charge in [0.15, 0.2) is 0 Å². The molecule has 1 fully saturated rings. The fourth-order valence-electron chi connectivity index (χ4n) is 3.34. The number of ether oxygens (including phenoxy) is 1. The third kappa shape index (κ3) is 3.95. The molecule has 0 bridgehead atoms. The van der Waals surface area contributed by atoms with E-state index in [2.05, 4.69) is 0 Å². The Kier molecular flexibility index (Phi) is 6.42. The second kappa shape index (κ2) is 8.66. The Bertz CT molecular complexity index is 1020. The molecule has 2 aromatic rings. The molecule has 5 nitrogen and oxygen atoms in total. The highest BCUT2D eigenvalue weighted by Gasteiger charge is 2.45. The number of aliphatic hydroxyl groups excluding tert-OH is 1. The third-order valence-electron chi connectivity index (χ3n) is 4.69. The van der Waals surface area contributed by atoms with Crippen LogP contribution >= 0.6 is 34.8 Å². The fraction of sp³-hybridized carbons (Fsp3) is 0.238. The van der Waals surface area contributed by atoms with Crippen LogP contribution in [0.25, 0.3) is 5.76 Å². The van der Waals surface area contributed by atoms with E-state index in [0.717, 1.165) is 0 Å². The molecule has 0 aliphatic carbocycles. The first-order valence-electron chi connectivity index (χ1n) is 8.87. The Morgan fingerprint density at radius 1 is 1.07 bits per heavy atom.